The van der Waals surface area contributed by atoms with Gasteiger partial charge in [-0.1, -0.05) is 55.1 Å². The first-order valence-corrected chi connectivity index (χ1v) is 13.2. The van der Waals surface area contributed by atoms with E-state index in [0.29, 0.717) is 19.4 Å². The summed E-state index contributed by atoms with van der Waals surface area (Å²) in [4.78, 5) is 24.6. The zero-order valence-electron chi connectivity index (χ0n) is 22.8. The normalized spacial score (nSPS) is 29.0. The monoisotopic (exact) mass is 510 g/mol. The molecule has 0 aromatic heterocycles. The molecule has 0 radical (unpaired) electrons. The highest BCUT2D eigenvalue weighted by Gasteiger charge is 2.51. The van der Waals surface area contributed by atoms with E-state index in [9.17, 15) is 9.59 Å². The Morgan fingerprint density at radius 1 is 1.14 bits per heavy atom. The standard InChI is InChI=1S/C31H42O6/c1-21(2)25-15-12-22(3)27(36-30(33)29(34-6)26-10-8-7-9-11-26)18-19-31(5)28(37-31)17-14-24(13-16-25)20-35-23(4)32/h7-11,13,25,27-29H,1,3,12,14-20H2,2,4-6H3/b24-13+/t25-,27+,28+,29+,31+/m0/s1. The first kappa shape index (κ1) is 28.9. The van der Waals surface area contributed by atoms with E-state index in [1.54, 1.807) is 0 Å². The van der Waals surface area contributed by atoms with Crippen molar-refractivity contribution in [2.24, 2.45) is 5.92 Å². The molecule has 6 heteroatoms. The van der Waals surface area contributed by atoms with Crippen LogP contribution in [0.3, 0.4) is 0 Å². The number of carbonyl (C=O) groups is 2. The third-order valence-electron chi connectivity index (χ3n) is 7.59. The lowest BCUT2D eigenvalue weighted by atomic mass is 9.87. The van der Waals surface area contributed by atoms with Crippen LogP contribution in [0.25, 0.3) is 0 Å². The van der Waals surface area contributed by atoms with E-state index in [0.717, 1.165) is 54.4 Å². The van der Waals surface area contributed by atoms with Gasteiger partial charge < -0.3 is 18.9 Å². The number of rotatable bonds is 7. The molecule has 37 heavy (non-hydrogen) atoms. The molecule has 6 nitrogen and oxygen atoms in total. The van der Waals surface area contributed by atoms with Gasteiger partial charge >= 0.3 is 11.9 Å². The van der Waals surface area contributed by atoms with Gasteiger partial charge in [0.15, 0.2) is 6.10 Å². The quantitative estimate of drug-likeness (QED) is 0.239. The molecule has 0 bridgehead atoms. The van der Waals surface area contributed by atoms with Gasteiger partial charge in [0.2, 0.25) is 0 Å². The highest BCUT2D eigenvalue weighted by molar-refractivity contribution is 5.77. The van der Waals surface area contributed by atoms with E-state index in [2.05, 4.69) is 26.2 Å². The lowest BCUT2D eigenvalue weighted by molar-refractivity contribution is -0.160. The summed E-state index contributed by atoms with van der Waals surface area (Å²) < 4.78 is 23.0. The molecule has 1 aromatic carbocycles. The Hall–Kier alpha value is -2.70. The molecule has 0 N–H and O–H groups in total. The number of benzene rings is 1. The van der Waals surface area contributed by atoms with E-state index in [1.165, 1.54) is 14.0 Å². The van der Waals surface area contributed by atoms with Crippen LogP contribution in [-0.4, -0.2) is 43.5 Å². The largest absolute Gasteiger partial charge is 0.461 e. The molecule has 3 rings (SSSR count). The maximum atomic E-state index is 13.2. The molecule has 1 aliphatic heterocycles. The Bertz CT molecular complexity index is 996. The molecular weight excluding hydrogens is 468 g/mol. The molecule has 5 atom stereocenters. The molecule has 0 amide bonds. The fourth-order valence-corrected chi connectivity index (χ4v) is 4.98. The van der Waals surface area contributed by atoms with Crippen LogP contribution in [0.15, 0.2) is 66.3 Å². The van der Waals surface area contributed by atoms with E-state index in [-0.39, 0.29) is 23.6 Å². The fourth-order valence-electron chi connectivity index (χ4n) is 4.98. The third-order valence-corrected chi connectivity index (χ3v) is 7.59. The van der Waals surface area contributed by atoms with Gasteiger partial charge in [-0.2, -0.15) is 0 Å². The van der Waals surface area contributed by atoms with Crippen LogP contribution in [0.5, 0.6) is 0 Å². The van der Waals surface area contributed by atoms with Crippen molar-refractivity contribution in [3.63, 3.8) is 0 Å². The predicted molar refractivity (Wildman–Crippen MR) is 144 cm³/mol. The zero-order chi connectivity index (χ0) is 27.0. The number of fused-ring (bicyclic) bond motifs is 1. The van der Waals surface area contributed by atoms with Crippen LogP contribution >= 0.6 is 0 Å². The van der Waals surface area contributed by atoms with Crippen molar-refractivity contribution < 1.29 is 28.5 Å². The van der Waals surface area contributed by atoms with Gasteiger partial charge in [0.1, 0.15) is 12.7 Å². The number of ether oxygens (including phenoxy) is 4. The number of allylic oxidation sites excluding steroid dienone is 2. The van der Waals surface area contributed by atoms with Gasteiger partial charge in [-0.05, 0) is 81.4 Å². The molecule has 0 saturated carbocycles. The second kappa shape index (κ2) is 13.2. The SMILES string of the molecule is C=C(C)[C@@H]1C/C=C(/COC(C)=O)CC[C@H]2O[C@]2(C)CC[C@@H](OC(=O)[C@H](OC)c2ccccc2)C(=C)CC1. The van der Waals surface area contributed by atoms with Crippen molar-refractivity contribution in [1.29, 1.82) is 0 Å². The zero-order valence-corrected chi connectivity index (χ0v) is 22.8. The lowest BCUT2D eigenvalue weighted by Gasteiger charge is -2.25. The average molecular weight is 511 g/mol. The minimum Gasteiger partial charge on any atom is -0.461 e. The molecule has 1 aromatic rings. The van der Waals surface area contributed by atoms with Gasteiger partial charge in [0.05, 0.1) is 11.7 Å². The molecule has 2 aliphatic rings. The second-order valence-corrected chi connectivity index (χ2v) is 10.6. The highest BCUT2D eigenvalue weighted by atomic mass is 16.6. The van der Waals surface area contributed by atoms with Crippen molar-refractivity contribution in [2.45, 2.75) is 89.6 Å². The Kier molecular flexibility index (Phi) is 10.3. The van der Waals surface area contributed by atoms with Crippen LogP contribution in [0, 0.1) is 5.92 Å². The summed E-state index contributed by atoms with van der Waals surface area (Å²) in [6, 6.07) is 9.39. The van der Waals surface area contributed by atoms with Gasteiger partial charge in [-0.25, -0.2) is 4.79 Å². The van der Waals surface area contributed by atoms with E-state index >= 15 is 0 Å². The van der Waals surface area contributed by atoms with Crippen molar-refractivity contribution in [3.05, 3.63) is 71.8 Å². The van der Waals surface area contributed by atoms with Gasteiger partial charge in [-0.3, -0.25) is 4.79 Å². The molecule has 0 unspecified atom stereocenters. The van der Waals surface area contributed by atoms with Crippen LogP contribution < -0.4 is 0 Å². The maximum absolute atomic E-state index is 13.2. The van der Waals surface area contributed by atoms with E-state index < -0.39 is 18.2 Å². The first-order chi connectivity index (χ1) is 17.6. The Labute approximate surface area is 221 Å². The minimum absolute atomic E-state index is 0.119. The van der Waals surface area contributed by atoms with Crippen molar-refractivity contribution in [1.82, 2.24) is 0 Å². The number of epoxide rings is 1. The summed E-state index contributed by atoms with van der Waals surface area (Å²) in [6.45, 7) is 14.4. The maximum Gasteiger partial charge on any atom is 0.340 e. The number of esters is 2. The summed E-state index contributed by atoms with van der Waals surface area (Å²) in [5, 5.41) is 0. The Morgan fingerprint density at radius 2 is 1.86 bits per heavy atom. The van der Waals surface area contributed by atoms with Crippen LogP contribution in [-0.2, 0) is 28.5 Å². The summed E-state index contributed by atoms with van der Waals surface area (Å²) >= 11 is 0. The fraction of sp³-hybridized carbons (Fsp3) is 0.548. The Balaban J connectivity index is 1.76. The third kappa shape index (κ3) is 8.41. The number of hydrogen-bond donors (Lipinski definition) is 0. The summed E-state index contributed by atoms with van der Waals surface area (Å²) in [6.07, 6.45) is 6.54. The minimum atomic E-state index is -0.786. The molecule has 0 spiro atoms. The van der Waals surface area contributed by atoms with E-state index in [4.69, 9.17) is 18.9 Å². The summed E-state index contributed by atoms with van der Waals surface area (Å²) in [7, 11) is 1.52. The molecule has 1 saturated heterocycles. The molecule has 1 heterocycles. The molecule has 1 fully saturated rings. The summed E-state index contributed by atoms with van der Waals surface area (Å²) in [5.74, 6) is -0.431. The second-order valence-electron chi connectivity index (χ2n) is 10.6. The van der Waals surface area contributed by atoms with Gasteiger partial charge in [-0.15, -0.1) is 0 Å². The van der Waals surface area contributed by atoms with Crippen molar-refractivity contribution >= 4 is 11.9 Å². The van der Waals surface area contributed by atoms with Crippen molar-refractivity contribution in [3.8, 4) is 0 Å². The number of carbonyl (C=O) groups excluding carboxylic acids is 2. The average Bonchev–Trinajstić information content (AvgIpc) is 3.52. The van der Waals surface area contributed by atoms with Gasteiger partial charge in [0.25, 0.3) is 0 Å². The van der Waals surface area contributed by atoms with Crippen LogP contribution in [0.1, 0.15) is 77.4 Å². The smallest absolute Gasteiger partial charge is 0.340 e. The number of hydrogen-bond acceptors (Lipinski definition) is 6. The van der Waals surface area contributed by atoms with Crippen molar-refractivity contribution in [2.75, 3.05) is 13.7 Å². The first-order valence-electron chi connectivity index (χ1n) is 13.2. The molecule has 202 valence electrons. The van der Waals surface area contributed by atoms with Gasteiger partial charge in [0, 0.05) is 14.0 Å². The van der Waals surface area contributed by atoms with Crippen LogP contribution in [0.4, 0.5) is 0 Å². The topological polar surface area (TPSA) is 74.4 Å². The number of methoxy groups -OCH3 is 1. The lowest BCUT2D eigenvalue weighted by Crippen LogP contribution is -2.27. The summed E-state index contributed by atoms with van der Waals surface area (Å²) in [5.41, 5.74) is 3.61. The van der Waals surface area contributed by atoms with E-state index in [1.807, 2.05) is 37.3 Å². The van der Waals surface area contributed by atoms with Crippen LogP contribution in [0.2, 0.25) is 0 Å². The molecule has 1 aliphatic carbocycles. The highest BCUT2D eigenvalue weighted by Crippen LogP contribution is 2.44. The Morgan fingerprint density at radius 3 is 2.51 bits per heavy atom. The predicted octanol–water partition coefficient (Wildman–Crippen LogP) is 6.43. The molecular formula is C31H42O6.